The van der Waals surface area contributed by atoms with Crippen LogP contribution in [0.3, 0.4) is 0 Å². The van der Waals surface area contributed by atoms with Gasteiger partial charge in [-0.05, 0) is 209 Å². The van der Waals surface area contributed by atoms with Crippen LogP contribution in [0.2, 0.25) is 0 Å². The van der Waals surface area contributed by atoms with Crippen molar-refractivity contribution in [2.45, 2.75) is 159 Å². The monoisotopic (exact) mass is 1420 g/mol. The fourth-order valence-electron chi connectivity index (χ4n) is 16.7. The van der Waals surface area contributed by atoms with Crippen molar-refractivity contribution in [3.05, 3.63) is 225 Å². The van der Waals surface area contributed by atoms with Crippen molar-refractivity contribution in [2.24, 2.45) is 13.0 Å². The molecule has 0 spiro atoms. The van der Waals surface area contributed by atoms with E-state index in [1.165, 1.54) is 154 Å². The van der Waals surface area contributed by atoms with Crippen LogP contribution in [-0.2, 0) is 24.8 Å². The van der Waals surface area contributed by atoms with Crippen molar-refractivity contribution in [2.75, 3.05) is 0 Å². The summed E-state index contributed by atoms with van der Waals surface area (Å²) in [5.74, 6) is -2.48. The maximum atomic E-state index is 11.7. The second-order valence-corrected chi connectivity index (χ2v) is 28.5. The quantitative estimate of drug-likeness (QED) is 0.0681. The van der Waals surface area contributed by atoms with E-state index in [0.717, 1.165) is 86.5 Å². The minimum Gasteiger partial charge on any atom is -0.480 e. The van der Waals surface area contributed by atoms with Crippen LogP contribution < -0.4 is 0 Å². The Hall–Kier alpha value is -10.1. The number of hydrogen-bond acceptors (Lipinski definition) is 8. The topological polar surface area (TPSA) is 240 Å². The summed E-state index contributed by atoms with van der Waals surface area (Å²) in [7, 11) is 1.97. The minimum absolute atomic E-state index is 0.146. The molecule has 0 amide bonds. The molecule has 16 rings (SSSR count). The number of carboxylic acids is 5. The second kappa shape index (κ2) is 31.2. The first-order valence-electron chi connectivity index (χ1n) is 35.7. The van der Waals surface area contributed by atoms with Crippen LogP contribution in [0, 0.1) is 5.92 Å². The Bertz CT molecular complexity index is 4870. The average molecular weight is 1420 g/mol. The molecule has 5 aliphatic carbocycles. The number of fused-ring (bicyclic) bond motifs is 4. The van der Waals surface area contributed by atoms with Gasteiger partial charge in [-0.25, -0.2) is 24.2 Å². The summed E-state index contributed by atoms with van der Waals surface area (Å²) in [5, 5.41) is 50.0. The normalized spacial score (nSPS) is 16.0. The van der Waals surface area contributed by atoms with E-state index in [9.17, 15) is 49.5 Å². The molecule has 0 saturated heterocycles. The highest BCUT2D eigenvalue weighted by molar-refractivity contribution is 9.10. The zero-order valence-corrected chi connectivity index (χ0v) is 58.4. The Morgan fingerprint density at radius 1 is 0.505 bits per heavy atom. The fraction of sp³-hybridized carbons (Fsp3) is 0.321. The van der Waals surface area contributed by atoms with E-state index in [0.29, 0.717) is 51.7 Å². The van der Waals surface area contributed by atoms with Crippen molar-refractivity contribution in [1.29, 1.82) is 0 Å². The van der Waals surface area contributed by atoms with Gasteiger partial charge in [-0.15, -0.1) is 0 Å². The highest BCUT2D eigenvalue weighted by Gasteiger charge is 2.33. The summed E-state index contributed by atoms with van der Waals surface area (Å²) in [6.45, 7) is -0.251. The third kappa shape index (κ3) is 15.0. The number of rotatable bonds is 14. The number of allylic oxidation sites excluding steroid dienone is 2. The maximum Gasteiger partial charge on any atom is 0.335 e. The van der Waals surface area contributed by atoms with Crippen LogP contribution in [0.4, 0.5) is 0 Å². The minimum atomic E-state index is -1.03. The zero-order valence-electron chi connectivity index (χ0n) is 56.8. The van der Waals surface area contributed by atoms with Gasteiger partial charge in [0.15, 0.2) is 12.2 Å². The predicted molar refractivity (Wildman–Crippen MR) is 398 cm³/mol. The Balaban J connectivity index is 0.000000121. The summed E-state index contributed by atoms with van der Waals surface area (Å²) in [4.78, 5) is 65.8. The zero-order chi connectivity index (χ0) is 70.3. The molecule has 11 aromatic rings. The van der Waals surface area contributed by atoms with Crippen molar-refractivity contribution in [3.63, 3.8) is 0 Å². The Kier molecular flexibility index (Phi) is 21.4. The summed E-state index contributed by atoms with van der Waals surface area (Å²) in [6.07, 6.45) is 30.1. The maximum absolute atomic E-state index is 11.7. The van der Waals surface area contributed by atoms with Crippen LogP contribution in [-0.4, -0.2) is 79.0 Å². The number of benzene rings is 6. The molecule has 0 aliphatic heterocycles. The van der Waals surface area contributed by atoms with Crippen molar-refractivity contribution < 1.29 is 53.9 Å². The lowest BCUT2D eigenvalue weighted by atomic mass is 9.80. The number of carboxylic acid groups (broad SMARTS) is 5. The highest BCUT2D eigenvalue weighted by Crippen LogP contribution is 2.49. The summed E-state index contributed by atoms with van der Waals surface area (Å²) in [6, 6.07) is 49.0. The first-order chi connectivity index (χ1) is 49.1. The predicted octanol–water partition coefficient (Wildman–Crippen LogP) is 20.8. The lowest BCUT2D eigenvalue weighted by Crippen LogP contribution is -2.13. The van der Waals surface area contributed by atoms with Gasteiger partial charge in [-0.1, -0.05) is 156 Å². The van der Waals surface area contributed by atoms with E-state index in [1.807, 2.05) is 60.1 Å². The second-order valence-electron chi connectivity index (χ2n) is 27.6. The molecule has 5 aliphatic rings. The third-order valence-corrected chi connectivity index (χ3v) is 21.8. The molecule has 4 saturated carbocycles. The number of aromatic nitrogens is 5. The van der Waals surface area contributed by atoms with Crippen molar-refractivity contribution in [1.82, 2.24) is 23.7 Å². The van der Waals surface area contributed by atoms with Crippen LogP contribution in [0.1, 0.15) is 216 Å². The number of aryl methyl sites for hydroxylation is 1. The van der Waals surface area contributed by atoms with Crippen LogP contribution in [0.5, 0.6) is 0 Å². The number of carbonyl (C=O) groups is 5. The highest BCUT2D eigenvalue weighted by atomic mass is 79.9. The molecule has 6 aromatic carbocycles. The lowest BCUT2D eigenvalue weighted by molar-refractivity contribution is -0.137. The number of nitrogens with zero attached hydrogens (tertiary/aromatic N) is 5. The fourth-order valence-corrected chi connectivity index (χ4v) is 16.9. The van der Waals surface area contributed by atoms with Crippen LogP contribution in [0.15, 0.2) is 179 Å². The average Bonchev–Trinajstić information content (AvgIpc) is 1.61. The van der Waals surface area contributed by atoms with Gasteiger partial charge < -0.3 is 43.7 Å². The molecule has 0 atom stereocenters. The smallest absolute Gasteiger partial charge is 0.335 e. The molecule has 0 unspecified atom stereocenters. The summed E-state index contributed by atoms with van der Waals surface area (Å²) < 4.78 is 12.6. The molecule has 5 heterocycles. The molecule has 17 heteroatoms. The first-order valence-corrected chi connectivity index (χ1v) is 36.5. The van der Waals surface area contributed by atoms with Gasteiger partial charge in [-0.3, -0.25) is 9.78 Å². The number of oxazole rings is 1. The standard InChI is InChI=1S/C22H21BrN2O4.C22H22O2.C21H21NO2.C19H20N2O3/c23-15-7-9-17(24-11-15)21-20(13-4-2-1-3-5-13)16-8-6-14(22(28)29)10-18(16)25(21)12-19(26)27;23-22(24)17-11-12-19-18(13-17)14-20(15-7-3-1-4-8-15)21(19)16-9-5-2-6-10-16;23-21(24)16-11-12-19-17(13-16)14-20(15-7-3-1-4-8-15)22(19)18-9-5-2-6-10-18;1-21-15-9-13(19(22)23)7-8-14(15)17(12-5-3-2-4-6-12)18(21)16-10-20-11-24-16/h6-11,13H,1-5,12H2,(H,26,27)(H,28,29);1,3-4,7-8,11-13,16H,2,5-6,9-10,14H2,(H,23,24);1,3-4,7-8,11-14,18H,2,5-6,9-10H2,(H,23,24);7-12H,2-6H2,1H3,(H,22,23). The number of hydrogen-bond donors (Lipinski definition) is 5. The SMILES string of the molecule is Cn1c(-c2cnco2)c(C2CCCCC2)c2ccc(C(=O)O)cc21.O=C(O)Cn1c(-c2ccc(Br)cn2)c(C2CCCCC2)c2ccc(C(=O)O)cc21.O=C(O)c1ccc2c(c1)CC(c1ccccc1)=C2C1CCCCC1.O=C(O)c1ccc2c(c1)cc(-c1ccccc1)n2C1CCCCC1. The molecular formula is C84H84BrN5O11. The Morgan fingerprint density at radius 2 is 1.02 bits per heavy atom. The molecule has 4 fully saturated rings. The number of aromatic carboxylic acids is 4. The Labute approximate surface area is 595 Å². The molecule has 5 aromatic heterocycles. The summed E-state index contributed by atoms with van der Waals surface area (Å²) >= 11 is 3.40. The van der Waals surface area contributed by atoms with E-state index in [2.05, 4.69) is 91.1 Å². The van der Waals surface area contributed by atoms with E-state index < -0.39 is 29.8 Å². The largest absolute Gasteiger partial charge is 0.480 e. The number of halogens is 1. The molecular weight excluding hydrogens is 1330 g/mol. The van der Waals surface area contributed by atoms with Crippen molar-refractivity contribution >= 4 is 89.6 Å². The van der Waals surface area contributed by atoms with Gasteiger partial charge in [-0.2, -0.15) is 0 Å². The van der Waals surface area contributed by atoms with Gasteiger partial charge in [0.1, 0.15) is 6.54 Å². The number of aliphatic carboxylic acids is 1. The van der Waals surface area contributed by atoms with Gasteiger partial charge >= 0.3 is 29.8 Å². The van der Waals surface area contributed by atoms with Crippen LogP contribution >= 0.6 is 15.9 Å². The van der Waals surface area contributed by atoms with Crippen LogP contribution in [0.25, 0.3) is 78.0 Å². The van der Waals surface area contributed by atoms with Gasteiger partial charge in [0.2, 0.25) is 0 Å². The number of pyridine rings is 1. The molecule has 0 bridgehead atoms. The van der Waals surface area contributed by atoms with E-state index in [4.69, 9.17) is 4.42 Å². The van der Waals surface area contributed by atoms with Gasteiger partial charge in [0.25, 0.3) is 0 Å². The third-order valence-electron chi connectivity index (χ3n) is 21.4. The molecule has 0 radical (unpaired) electrons. The molecule has 5 N–H and O–H groups in total. The van der Waals surface area contributed by atoms with E-state index in [1.54, 1.807) is 59.4 Å². The van der Waals surface area contributed by atoms with E-state index in [-0.39, 0.29) is 12.1 Å². The molecule has 16 nitrogen and oxygen atoms in total. The first kappa shape index (κ1) is 69.4. The van der Waals surface area contributed by atoms with E-state index >= 15 is 0 Å². The Morgan fingerprint density at radius 3 is 1.57 bits per heavy atom. The summed E-state index contributed by atoms with van der Waals surface area (Å²) in [5.41, 5.74) is 17.8. The van der Waals surface area contributed by atoms with Gasteiger partial charge in [0, 0.05) is 56.6 Å². The lowest BCUT2D eigenvalue weighted by Gasteiger charge is -2.26. The molecule has 518 valence electrons. The molecule has 101 heavy (non-hydrogen) atoms. The van der Waals surface area contributed by atoms with Crippen molar-refractivity contribution in [3.8, 4) is 34.1 Å². The van der Waals surface area contributed by atoms with Gasteiger partial charge in [0.05, 0.1) is 51.0 Å².